The van der Waals surface area contributed by atoms with Crippen molar-refractivity contribution in [1.82, 2.24) is 15.3 Å². The van der Waals surface area contributed by atoms with Crippen LogP contribution in [-0.2, 0) is 16.0 Å². The second kappa shape index (κ2) is 6.69. The van der Waals surface area contributed by atoms with Gasteiger partial charge in [0.15, 0.2) is 0 Å². The SMILES string of the molecule is COC(=O)c1ccc2nc(CNC(=O)OCCF)[nH]c2c1. The van der Waals surface area contributed by atoms with Crippen LogP contribution in [0.2, 0.25) is 0 Å². The lowest BCUT2D eigenvalue weighted by Crippen LogP contribution is -2.25. The number of amides is 1. The molecule has 0 saturated heterocycles. The van der Waals surface area contributed by atoms with Gasteiger partial charge in [0.25, 0.3) is 0 Å². The molecule has 0 saturated carbocycles. The lowest BCUT2D eigenvalue weighted by Gasteiger charge is -2.02. The number of fused-ring (bicyclic) bond motifs is 1. The van der Waals surface area contributed by atoms with Crippen LogP contribution < -0.4 is 5.32 Å². The van der Waals surface area contributed by atoms with Crippen LogP contribution in [0.25, 0.3) is 11.0 Å². The predicted molar refractivity (Wildman–Crippen MR) is 71.6 cm³/mol. The lowest BCUT2D eigenvalue weighted by molar-refractivity contribution is 0.0601. The number of rotatable bonds is 5. The second-order valence-electron chi connectivity index (χ2n) is 4.09. The molecule has 2 N–H and O–H groups in total. The van der Waals surface area contributed by atoms with E-state index >= 15 is 0 Å². The summed E-state index contributed by atoms with van der Waals surface area (Å²) in [6.45, 7) is -0.907. The van der Waals surface area contributed by atoms with E-state index in [-0.39, 0.29) is 13.2 Å². The molecule has 1 amide bonds. The number of esters is 1. The Balaban J connectivity index is 2.05. The molecule has 0 aliphatic carbocycles. The topological polar surface area (TPSA) is 93.3 Å². The van der Waals surface area contributed by atoms with Crippen molar-refractivity contribution in [1.29, 1.82) is 0 Å². The van der Waals surface area contributed by atoms with Gasteiger partial charge in [-0.15, -0.1) is 0 Å². The molecule has 1 aromatic heterocycles. The molecule has 2 rings (SSSR count). The first-order valence-electron chi connectivity index (χ1n) is 6.17. The van der Waals surface area contributed by atoms with E-state index in [4.69, 9.17) is 0 Å². The van der Waals surface area contributed by atoms with Crippen molar-refractivity contribution >= 4 is 23.1 Å². The number of hydrogen-bond acceptors (Lipinski definition) is 5. The Morgan fingerprint density at radius 3 is 2.95 bits per heavy atom. The fourth-order valence-corrected chi connectivity index (χ4v) is 1.73. The molecule has 0 bridgehead atoms. The summed E-state index contributed by atoms with van der Waals surface area (Å²) in [6.07, 6.45) is -0.719. The molecular formula is C13H14FN3O4. The predicted octanol–water partition coefficient (Wildman–Crippen LogP) is 1.55. The van der Waals surface area contributed by atoms with Gasteiger partial charge in [-0.3, -0.25) is 0 Å². The molecule has 8 heteroatoms. The number of benzene rings is 1. The minimum atomic E-state index is -0.728. The van der Waals surface area contributed by atoms with Crippen molar-refractivity contribution < 1.29 is 23.5 Å². The highest BCUT2D eigenvalue weighted by Crippen LogP contribution is 2.14. The number of nitrogens with zero attached hydrogens (tertiary/aromatic N) is 1. The summed E-state index contributed by atoms with van der Waals surface area (Å²) in [4.78, 5) is 29.8. The molecule has 21 heavy (non-hydrogen) atoms. The van der Waals surface area contributed by atoms with E-state index in [1.165, 1.54) is 7.11 Å². The Labute approximate surface area is 119 Å². The molecule has 0 fully saturated rings. The third kappa shape index (κ3) is 3.68. The van der Waals surface area contributed by atoms with Gasteiger partial charge in [-0.2, -0.15) is 0 Å². The molecule has 112 valence electrons. The van der Waals surface area contributed by atoms with Gasteiger partial charge in [-0.25, -0.2) is 19.0 Å². The molecule has 0 spiro atoms. The fourth-order valence-electron chi connectivity index (χ4n) is 1.73. The average Bonchev–Trinajstić information content (AvgIpc) is 2.91. The molecular weight excluding hydrogens is 281 g/mol. The van der Waals surface area contributed by atoms with Gasteiger partial charge < -0.3 is 19.8 Å². The zero-order valence-electron chi connectivity index (χ0n) is 11.3. The molecule has 0 aliphatic heterocycles. The first-order valence-corrected chi connectivity index (χ1v) is 6.17. The van der Waals surface area contributed by atoms with Crippen LogP contribution in [0.15, 0.2) is 18.2 Å². The highest BCUT2D eigenvalue weighted by molar-refractivity contribution is 5.93. The van der Waals surface area contributed by atoms with E-state index in [9.17, 15) is 14.0 Å². The zero-order chi connectivity index (χ0) is 15.2. The summed E-state index contributed by atoms with van der Waals surface area (Å²) in [5.41, 5.74) is 1.69. The number of nitrogens with one attached hydrogen (secondary N) is 2. The van der Waals surface area contributed by atoms with Crippen molar-refractivity contribution in [3.8, 4) is 0 Å². The molecule has 0 atom stereocenters. The number of H-pyrrole nitrogens is 1. The Kier molecular flexibility index (Phi) is 4.70. The van der Waals surface area contributed by atoms with Gasteiger partial charge in [-0.1, -0.05) is 0 Å². The number of halogens is 1. The number of alkyl carbamates (subject to hydrolysis) is 1. The van der Waals surface area contributed by atoms with Crippen LogP contribution in [0.1, 0.15) is 16.2 Å². The Hall–Kier alpha value is -2.64. The van der Waals surface area contributed by atoms with Gasteiger partial charge in [0.05, 0.1) is 30.3 Å². The zero-order valence-corrected chi connectivity index (χ0v) is 11.3. The molecule has 0 radical (unpaired) electrons. The van der Waals surface area contributed by atoms with Crippen molar-refractivity contribution in [2.75, 3.05) is 20.4 Å². The fraction of sp³-hybridized carbons (Fsp3) is 0.308. The smallest absolute Gasteiger partial charge is 0.407 e. The number of methoxy groups -OCH3 is 1. The van der Waals surface area contributed by atoms with E-state index < -0.39 is 18.7 Å². The average molecular weight is 295 g/mol. The van der Waals surface area contributed by atoms with E-state index in [2.05, 4.69) is 24.8 Å². The number of carbonyl (C=O) groups is 2. The van der Waals surface area contributed by atoms with Crippen LogP contribution >= 0.6 is 0 Å². The molecule has 0 aliphatic rings. The Bertz CT molecular complexity index is 656. The number of aromatic nitrogens is 2. The van der Waals surface area contributed by atoms with Crippen molar-refractivity contribution in [3.05, 3.63) is 29.6 Å². The molecule has 1 aromatic carbocycles. The molecule has 0 unspecified atom stereocenters. The largest absolute Gasteiger partial charge is 0.465 e. The Morgan fingerprint density at radius 1 is 1.43 bits per heavy atom. The third-order valence-corrected chi connectivity index (χ3v) is 2.66. The number of ether oxygens (including phenoxy) is 2. The normalized spacial score (nSPS) is 10.4. The van der Waals surface area contributed by atoms with Crippen molar-refractivity contribution in [2.24, 2.45) is 0 Å². The summed E-state index contributed by atoms with van der Waals surface area (Å²) in [7, 11) is 1.30. The minimum absolute atomic E-state index is 0.105. The van der Waals surface area contributed by atoms with Crippen LogP contribution in [-0.4, -0.2) is 42.4 Å². The van der Waals surface area contributed by atoms with Crippen LogP contribution in [0.5, 0.6) is 0 Å². The van der Waals surface area contributed by atoms with E-state index in [1.54, 1.807) is 18.2 Å². The number of carbonyl (C=O) groups excluding carboxylic acids is 2. The van der Waals surface area contributed by atoms with Crippen molar-refractivity contribution in [2.45, 2.75) is 6.54 Å². The van der Waals surface area contributed by atoms with E-state index in [0.717, 1.165) is 0 Å². The van der Waals surface area contributed by atoms with Crippen molar-refractivity contribution in [3.63, 3.8) is 0 Å². The van der Waals surface area contributed by atoms with Gasteiger partial charge in [0.2, 0.25) is 0 Å². The first kappa shape index (κ1) is 14.8. The number of alkyl halides is 1. The standard InChI is InChI=1S/C13H14FN3O4/c1-20-12(18)8-2-3-9-10(6-8)17-11(16-9)7-15-13(19)21-5-4-14/h2-3,6H,4-5,7H2,1H3,(H,15,19)(H,16,17). The quantitative estimate of drug-likeness (QED) is 0.816. The maximum Gasteiger partial charge on any atom is 0.407 e. The van der Waals surface area contributed by atoms with Gasteiger partial charge >= 0.3 is 12.1 Å². The van der Waals surface area contributed by atoms with Gasteiger partial charge in [-0.05, 0) is 18.2 Å². The number of hydrogen-bond donors (Lipinski definition) is 2. The summed E-state index contributed by atoms with van der Waals surface area (Å²) in [5, 5.41) is 2.43. The molecule has 7 nitrogen and oxygen atoms in total. The van der Waals surface area contributed by atoms with Gasteiger partial charge in [0, 0.05) is 0 Å². The number of imidazole rings is 1. The maximum absolute atomic E-state index is 11.8. The molecule has 1 heterocycles. The Morgan fingerprint density at radius 2 is 2.24 bits per heavy atom. The summed E-state index contributed by atoms with van der Waals surface area (Å²) >= 11 is 0. The first-order chi connectivity index (χ1) is 10.1. The number of aromatic amines is 1. The second-order valence-corrected chi connectivity index (χ2v) is 4.09. The highest BCUT2D eigenvalue weighted by atomic mass is 19.1. The van der Waals surface area contributed by atoms with Crippen LogP contribution in [0.3, 0.4) is 0 Å². The third-order valence-electron chi connectivity index (χ3n) is 2.66. The van der Waals surface area contributed by atoms with Gasteiger partial charge in [0.1, 0.15) is 19.1 Å². The summed E-state index contributed by atoms with van der Waals surface area (Å²) < 4.78 is 21.0. The lowest BCUT2D eigenvalue weighted by atomic mass is 10.2. The maximum atomic E-state index is 11.8. The van der Waals surface area contributed by atoms with E-state index in [0.29, 0.717) is 22.4 Å². The minimum Gasteiger partial charge on any atom is -0.465 e. The molecule has 2 aromatic rings. The monoisotopic (exact) mass is 295 g/mol. The van der Waals surface area contributed by atoms with Crippen LogP contribution in [0.4, 0.5) is 9.18 Å². The summed E-state index contributed by atoms with van der Waals surface area (Å²) in [5.74, 6) is 0.0465. The highest BCUT2D eigenvalue weighted by Gasteiger charge is 2.10. The van der Waals surface area contributed by atoms with Crippen LogP contribution in [0, 0.1) is 0 Å². The van der Waals surface area contributed by atoms with E-state index in [1.807, 2.05) is 0 Å². The summed E-state index contributed by atoms with van der Waals surface area (Å²) in [6, 6.07) is 4.88.